The van der Waals surface area contributed by atoms with Crippen molar-refractivity contribution in [1.29, 1.82) is 0 Å². The number of rotatable bonds is 17. The summed E-state index contributed by atoms with van der Waals surface area (Å²) in [7, 11) is 1.56. The zero-order valence-corrected chi connectivity index (χ0v) is 20.0. The quantitative estimate of drug-likeness (QED) is 0.226. The first-order valence-electron chi connectivity index (χ1n) is 11.6. The summed E-state index contributed by atoms with van der Waals surface area (Å²) in [4.78, 5) is 24.8. The molecule has 1 amide bonds. The third kappa shape index (κ3) is 17.1. The third-order valence-corrected chi connectivity index (χ3v) is 4.75. The van der Waals surface area contributed by atoms with Gasteiger partial charge in [0.25, 0.3) is 0 Å². The molecule has 0 aliphatic rings. The van der Waals surface area contributed by atoms with Gasteiger partial charge in [0.15, 0.2) is 0 Å². The third-order valence-electron chi connectivity index (χ3n) is 4.75. The van der Waals surface area contributed by atoms with Crippen molar-refractivity contribution in [3.8, 4) is 0 Å². The maximum atomic E-state index is 12.2. The molecule has 0 spiro atoms. The van der Waals surface area contributed by atoms with Gasteiger partial charge >= 0.3 is 0 Å². The Morgan fingerprint density at radius 3 is 1.68 bits per heavy atom. The van der Waals surface area contributed by atoms with Crippen LogP contribution in [0.4, 0.5) is 0 Å². The van der Waals surface area contributed by atoms with E-state index in [2.05, 4.69) is 67.7 Å². The van der Waals surface area contributed by atoms with Crippen LogP contribution in [-0.2, 0) is 9.59 Å². The Kier molecular flexibility index (Phi) is 18.1. The number of unbranched alkanes of at least 4 members (excludes halogenated alkanes) is 1. The Morgan fingerprint density at radius 2 is 1.26 bits per heavy atom. The van der Waals surface area contributed by atoms with Crippen molar-refractivity contribution in [3.05, 3.63) is 60.8 Å². The number of carbonyl (C=O) groups excluding carboxylic acids is 2. The zero-order valence-electron chi connectivity index (χ0n) is 20.0. The Morgan fingerprint density at radius 1 is 0.806 bits per heavy atom. The number of carboxylic acids is 1. The van der Waals surface area contributed by atoms with E-state index in [9.17, 15) is 14.7 Å². The van der Waals surface area contributed by atoms with E-state index in [4.69, 9.17) is 0 Å². The SMILES string of the molecule is CC/C=C\C/C=C\C/C=C\C/C=C\C/C=C\CCCC(=O)N(C)[C@@H](CC(C)C)C(=O)[O-]. The molecule has 0 bridgehead atoms. The summed E-state index contributed by atoms with van der Waals surface area (Å²) in [5.74, 6) is -1.12. The molecule has 0 aliphatic carbocycles. The number of amides is 1. The van der Waals surface area contributed by atoms with Crippen LogP contribution in [0.3, 0.4) is 0 Å². The second-order valence-corrected chi connectivity index (χ2v) is 8.07. The van der Waals surface area contributed by atoms with Crippen molar-refractivity contribution >= 4 is 11.9 Å². The number of hydrogen-bond donors (Lipinski definition) is 0. The summed E-state index contributed by atoms with van der Waals surface area (Å²) < 4.78 is 0. The molecular weight excluding hydrogens is 386 g/mol. The van der Waals surface area contributed by atoms with Crippen LogP contribution in [0.25, 0.3) is 0 Å². The van der Waals surface area contributed by atoms with E-state index in [1.807, 2.05) is 13.8 Å². The topological polar surface area (TPSA) is 60.4 Å². The molecular formula is C27H42NO3-. The van der Waals surface area contributed by atoms with E-state index < -0.39 is 12.0 Å². The molecule has 0 rings (SSSR count). The van der Waals surface area contributed by atoms with Crippen molar-refractivity contribution in [2.75, 3.05) is 7.05 Å². The van der Waals surface area contributed by atoms with Gasteiger partial charge in [-0.2, -0.15) is 0 Å². The molecule has 174 valence electrons. The van der Waals surface area contributed by atoms with Crippen LogP contribution < -0.4 is 5.11 Å². The highest BCUT2D eigenvalue weighted by Crippen LogP contribution is 2.12. The highest BCUT2D eigenvalue weighted by Gasteiger charge is 2.21. The number of aliphatic carboxylic acids is 1. The minimum atomic E-state index is -1.18. The minimum absolute atomic E-state index is 0.137. The van der Waals surface area contributed by atoms with Gasteiger partial charge in [0, 0.05) is 13.5 Å². The highest BCUT2D eigenvalue weighted by molar-refractivity contribution is 5.82. The van der Waals surface area contributed by atoms with E-state index in [-0.39, 0.29) is 11.8 Å². The van der Waals surface area contributed by atoms with Gasteiger partial charge in [-0.3, -0.25) is 4.79 Å². The van der Waals surface area contributed by atoms with Crippen LogP contribution in [0.2, 0.25) is 0 Å². The van der Waals surface area contributed by atoms with E-state index >= 15 is 0 Å². The fourth-order valence-electron chi connectivity index (χ4n) is 2.95. The maximum absolute atomic E-state index is 12.2. The van der Waals surface area contributed by atoms with Crippen molar-refractivity contribution in [1.82, 2.24) is 4.90 Å². The second kappa shape index (κ2) is 19.6. The average Bonchev–Trinajstić information content (AvgIpc) is 2.73. The molecule has 0 unspecified atom stereocenters. The first kappa shape index (κ1) is 28.6. The summed E-state index contributed by atoms with van der Waals surface area (Å²) in [5.41, 5.74) is 0. The van der Waals surface area contributed by atoms with Gasteiger partial charge < -0.3 is 14.8 Å². The van der Waals surface area contributed by atoms with E-state index in [1.54, 1.807) is 7.05 Å². The molecule has 0 N–H and O–H groups in total. The fraction of sp³-hybridized carbons (Fsp3) is 0.556. The molecule has 4 heteroatoms. The summed E-state index contributed by atoms with van der Waals surface area (Å²) in [6, 6.07) is -0.846. The molecule has 0 radical (unpaired) electrons. The molecule has 31 heavy (non-hydrogen) atoms. The molecule has 0 heterocycles. The second-order valence-electron chi connectivity index (χ2n) is 8.07. The molecule has 0 fully saturated rings. The van der Waals surface area contributed by atoms with Gasteiger partial charge in [-0.15, -0.1) is 0 Å². The van der Waals surface area contributed by atoms with Crippen molar-refractivity contribution < 1.29 is 14.7 Å². The van der Waals surface area contributed by atoms with Crippen LogP contribution in [0.1, 0.15) is 78.6 Å². The fourth-order valence-corrected chi connectivity index (χ4v) is 2.95. The molecule has 0 aromatic rings. The van der Waals surface area contributed by atoms with E-state index in [0.29, 0.717) is 12.8 Å². The van der Waals surface area contributed by atoms with Gasteiger partial charge in [0.1, 0.15) is 0 Å². The monoisotopic (exact) mass is 428 g/mol. The molecule has 0 saturated heterocycles. The predicted molar refractivity (Wildman–Crippen MR) is 129 cm³/mol. The largest absolute Gasteiger partial charge is 0.548 e. The number of carboxylic acid groups (broad SMARTS) is 1. The Hall–Kier alpha value is -2.36. The van der Waals surface area contributed by atoms with Crippen molar-refractivity contribution in [2.24, 2.45) is 5.92 Å². The Balaban J connectivity index is 3.90. The van der Waals surface area contributed by atoms with Gasteiger partial charge in [-0.05, 0) is 57.3 Å². The molecule has 0 aliphatic heterocycles. The smallest absolute Gasteiger partial charge is 0.222 e. The predicted octanol–water partition coefficient (Wildman–Crippen LogP) is 5.53. The average molecular weight is 429 g/mol. The van der Waals surface area contributed by atoms with Crippen LogP contribution in [0, 0.1) is 5.92 Å². The molecule has 0 aromatic heterocycles. The van der Waals surface area contributed by atoms with Crippen LogP contribution in [-0.4, -0.2) is 29.9 Å². The Bertz CT molecular complexity index is 626. The zero-order chi connectivity index (χ0) is 23.3. The lowest BCUT2D eigenvalue weighted by Crippen LogP contribution is -2.49. The summed E-state index contributed by atoms with van der Waals surface area (Å²) in [6.45, 7) is 6.02. The standard InChI is InChI=1S/C27H43NO3/c1-5-6-7-8-9-10-11-12-13-14-15-16-17-18-19-20-21-22-26(29)28(4)25(27(30)31)23-24(2)3/h6-7,9-10,12-13,15-16,18-19,24-25H,5,8,11,14,17,20-23H2,1-4H3,(H,30,31)/p-1/b7-6-,10-9-,13-12-,16-15-,19-18-/t25-/m0/s1. The van der Waals surface area contributed by atoms with Crippen LogP contribution in [0.5, 0.6) is 0 Å². The molecule has 0 saturated carbocycles. The van der Waals surface area contributed by atoms with Gasteiger partial charge in [0.2, 0.25) is 5.91 Å². The van der Waals surface area contributed by atoms with E-state index in [0.717, 1.165) is 44.9 Å². The Labute approximate surface area is 190 Å². The molecule has 4 nitrogen and oxygen atoms in total. The minimum Gasteiger partial charge on any atom is -0.548 e. The van der Waals surface area contributed by atoms with Crippen molar-refractivity contribution in [2.45, 2.75) is 84.6 Å². The lowest BCUT2D eigenvalue weighted by molar-refractivity contribution is -0.311. The summed E-state index contributed by atoms with van der Waals surface area (Å²) >= 11 is 0. The van der Waals surface area contributed by atoms with Gasteiger partial charge in [0.05, 0.1) is 12.0 Å². The normalized spacial score (nSPS) is 13.6. The van der Waals surface area contributed by atoms with E-state index in [1.165, 1.54) is 4.90 Å². The van der Waals surface area contributed by atoms with Crippen LogP contribution in [0.15, 0.2) is 60.8 Å². The van der Waals surface area contributed by atoms with Gasteiger partial charge in [-0.1, -0.05) is 81.5 Å². The van der Waals surface area contributed by atoms with Gasteiger partial charge in [-0.25, -0.2) is 0 Å². The number of likely N-dealkylation sites (N-methyl/N-ethyl adjacent to an activating group) is 1. The van der Waals surface area contributed by atoms with Crippen LogP contribution >= 0.6 is 0 Å². The molecule has 0 aromatic carbocycles. The number of carbonyl (C=O) groups is 2. The lowest BCUT2D eigenvalue weighted by Gasteiger charge is -2.30. The lowest BCUT2D eigenvalue weighted by atomic mass is 10.0. The first-order valence-corrected chi connectivity index (χ1v) is 11.6. The maximum Gasteiger partial charge on any atom is 0.222 e. The highest BCUT2D eigenvalue weighted by atomic mass is 16.4. The number of allylic oxidation sites excluding steroid dienone is 10. The summed E-state index contributed by atoms with van der Waals surface area (Å²) in [6.07, 6.45) is 28.8. The molecule has 1 atom stereocenters. The number of hydrogen-bond acceptors (Lipinski definition) is 3. The van der Waals surface area contributed by atoms with Crippen molar-refractivity contribution in [3.63, 3.8) is 0 Å². The number of nitrogens with zero attached hydrogens (tertiary/aromatic N) is 1. The summed E-state index contributed by atoms with van der Waals surface area (Å²) in [5, 5.41) is 11.3. The first-order chi connectivity index (χ1) is 14.9.